The average Bonchev–Trinajstić information content (AvgIpc) is 2.68. The Bertz CT molecular complexity index is 1060. The molecule has 4 rings (SSSR count). The summed E-state index contributed by atoms with van der Waals surface area (Å²) in [6.07, 6.45) is 0. The fourth-order valence-corrected chi connectivity index (χ4v) is 3.63. The summed E-state index contributed by atoms with van der Waals surface area (Å²) in [5, 5.41) is 3.69. The number of benzene rings is 2. The molecule has 0 unspecified atom stereocenters. The molecule has 2 N–H and O–H groups in total. The molecule has 0 radical (unpaired) electrons. The molecule has 27 heavy (non-hydrogen) atoms. The number of aromatic amines is 1. The maximum atomic E-state index is 13.0. The molecule has 1 aliphatic heterocycles. The second kappa shape index (κ2) is 7.54. The molecule has 2 aromatic carbocycles. The Labute approximate surface area is 164 Å². The van der Waals surface area contributed by atoms with Gasteiger partial charge in [-0.2, -0.15) is 0 Å². The van der Waals surface area contributed by atoms with Crippen LogP contribution < -0.4 is 15.8 Å². The minimum Gasteiger partial charge on any atom is -0.378 e. The van der Waals surface area contributed by atoms with Gasteiger partial charge in [0.05, 0.1) is 30.2 Å². The van der Waals surface area contributed by atoms with Crippen LogP contribution >= 0.6 is 15.9 Å². The van der Waals surface area contributed by atoms with Crippen LogP contribution in [0.1, 0.15) is 10.4 Å². The van der Waals surface area contributed by atoms with E-state index < -0.39 is 0 Å². The molecule has 1 fully saturated rings. The normalized spacial score (nSPS) is 14.3. The van der Waals surface area contributed by atoms with Crippen molar-refractivity contribution in [1.29, 1.82) is 0 Å². The number of hydrogen-bond acceptors (Lipinski definition) is 4. The van der Waals surface area contributed by atoms with Crippen LogP contribution in [0.15, 0.2) is 57.8 Å². The van der Waals surface area contributed by atoms with E-state index in [1.54, 1.807) is 6.07 Å². The SMILES string of the molecule is O=C(Nc1cc(Br)ccc1N1CCOCC1)c1cc(=O)[nH]c2ccccc12. The highest BCUT2D eigenvalue weighted by Gasteiger charge is 2.18. The summed E-state index contributed by atoms with van der Waals surface area (Å²) in [5.74, 6) is -0.315. The van der Waals surface area contributed by atoms with E-state index in [9.17, 15) is 9.59 Å². The number of rotatable bonds is 3. The Morgan fingerprint density at radius 3 is 2.70 bits per heavy atom. The van der Waals surface area contributed by atoms with Gasteiger partial charge in [0.2, 0.25) is 5.56 Å². The summed E-state index contributed by atoms with van der Waals surface area (Å²) in [4.78, 5) is 29.9. The number of fused-ring (bicyclic) bond motifs is 1. The summed E-state index contributed by atoms with van der Waals surface area (Å²) < 4.78 is 6.29. The minimum atomic E-state index is -0.315. The smallest absolute Gasteiger partial charge is 0.256 e. The Kier molecular flexibility index (Phi) is 4.96. The molecule has 0 spiro atoms. The lowest BCUT2D eigenvalue weighted by molar-refractivity contribution is 0.102. The van der Waals surface area contributed by atoms with Crippen LogP contribution in [0.3, 0.4) is 0 Å². The van der Waals surface area contributed by atoms with E-state index in [1.165, 1.54) is 6.07 Å². The summed E-state index contributed by atoms with van der Waals surface area (Å²) in [6.45, 7) is 2.83. The number of anilines is 2. The van der Waals surface area contributed by atoms with Gasteiger partial charge < -0.3 is 19.9 Å². The number of morpholine rings is 1. The number of para-hydroxylation sites is 1. The van der Waals surface area contributed by atoms with Crippen molar-refractivity contribution in [2.24, 2.45) is 0 Å². The molecule has 0 saturated carbocycles. The number of halogens is 1. The highest BCUT2D eigenvalue weighted by molar-refractivity contribution is 9.10. The zero-order chi connectivity index (χ0) is 18.8. The quantitative estimate of drug-likeness (QED) is 0.671. The molecule has 138 valence electrons. The number of carbonyl (C=O) groups is 1. The Morgan fingerprint density at radius 2 is 1.89 bits per heavy atom. The molecule has 1 amide bonds. The molecule has 1 aromatic heterocycles. The van der Waals surface area contributed by atoms with Gasteiger partial charge in [-0.05, 0) is 24.3 Å². The minimum absolute atomic E-state index is 0.304. The molecule has 1 saturated heterocycles. The molecular weight excluding hydrogens is 410 g/mol. The van der Waals surface area contributed by atoms with Crippen LogP contribution in [0, 0.1) is 0 Å². The Balaban J connectivity index is 1.71. The molecule has 0 bridgehead atoms. The van der Waals surface area contributed by atoms with Gasteiger partial charge in [-0.3, -0.25) is 9.59 Å². The first-order valence-electron chi connectivity index (χ1n) is 8.67. The summed E-state index contributed by atoms with van der Waals surface area (Å²) >= 11 is 3.47. The molecule has 6 nitrogen and oxygen atoms in total. The molecule has 7 heteroatoms. The standard InChI is InChI=1S/C20H18BrN3O3/c21-13-5-6-18(24-7-9-27-10-8-24)17(11-13)23-20(26)15-12-19(25)22-16-4-2-1-3-14(15)16/h1-6,11-12H,7-10H2,(H,22,25)(H,23,26). The van der Waals surface area contributed by atoms with Gasteiger partial charge in [0.15, 0.2) is 0 Å². The fraction of sp³-hybridized carbons (Fsp3) is 0.200. The van der Waals surface area contributed by atoms with E-state index in [1.807, 2.05) is 36.4 Å². The average molecular weight is 428 g/mol. The second-order valence-electron chi connectivity index (χ2n) is 6.31. The largest absolute Gasteiger partial charge is 0.378 e. The molecule has 2 heterocycles. The third-order valence-electron chi connectivity index (χ3n) is 4.55. The van der Waals surface area contributed by atoms with Gasteiger partial charge >= 0.3 is 0 Å². The van der Waals surface area contributed by atoms with E-state index in [-0.39, 0.29) is 11.5 Å². The molecule has 0 atom stereocenters. The van der Waals surface area contributed by atoms with Gasteiger partial charge in [-0.1, -0.05) is 34.1 Å². The highest BCUT2D eigenvalue weighted by Crippen LogP contribution is 2.30. The number of amides is 1. The van der Waals surface area contributed by atoms with Crippen molar-refractivity contribution in [2.75, 3.05) is 36.5 Å². The molecular formula is C20H18BrN3O3. The molecule has 3 aromatic rings. The first kappa shape index (κ1) is 17.8. The zero-order valence-electron chi connectivity index (χ0n) is 14.5. The zero-order valence-corrected chi connectivity index (χ0v) is 16.1. The maximum absolute atomic E-state index is 13.0. The van der Waals surface area contributed by atoms with Crippen LogP contribution in [0.4, 0.5) is 11.4 Å². The first-order chi connectivity index (χ1) is 13.1. The van der Waals surface area contributed by atoms with Gasteiger partial charge in [-0.25, -0.2) is 0 Å². The monoisotopic (exact) mass is 427 g/mol. The predicted molar refractivity (Wildman–Crippen MR) is 110 cm³/mol. The lowest BCUT2D eigenvalue weighted by Crippen LogP contribution is -2.36. The third kappa shape index (κ3) is 3.74. The summed E-state index contributed by atoms with van der Waals surface area (Å²) in [5.41, 5.74) is 2.31. The Morgan fingerprint density at radius 1 is 1.11 bits per heavy atom. The number of H-pyrrole nitrogens is 1. The van der Waals surface area contributed by atoms with Gasteiger partial charge in [0.1, 0.15) is 0 Å². The van der Waals surface area contributed by atoms with Crippen molar-refractivity contribution < 1.29 is 9.53 Å². The van der Waals surface area contributed by atoms with E-state index in [0.29, 0.717) is 35.4 Å². The number of nitrogens with one attached hydrogen (secondary N) is 2. The van der Waals surface area contributed by atoms with Crippen molar-refractivity contribution in [3.63, 3.8) is 0 Å². The number of hydrogen-bond donors (Lipinski definition) is 2. The number of pyridine rings is 1. The lowest BCUT2D eigenvalue weighted by atomic mass is 10.1. The second-order valence-corrected chi connectivity index (χ2v) is 7.22. The summed E-state index contributed by atoms with van der Waals surface area (Å²) in [6, 6.07) is 14.4. The number of ether oxygens (including phenoxy) is 1. The topological polar surface area (TPSA) is 74.4 Å². The van der Waals surface area contributed by atoms with Crippen molar-refractivity contribution >= 4 is 44.1 Å². The van der Waals surface area contributed by atoms with Crippen LogP contribution in [0.5, 0.6) is 0 Å². The highest BCUT2D eigenvalue weighted by atomic mass is 79.9. The van der Waals surface area contributed by atoms with Crippen LogP contribution in [-0.4, -0.2) is 37.2 Å². The van der Waals surface area contributed by atoms with Crippen LogP contribution in [-0.2, 0) is 4.74 Å². The van der Waals surface area contributed by atoms with Crippen LogP contribution in [0.25, 0.3) is 10.9 Å². The predicted octanol–water partition coefficient (Wildman–Crippen LogP) is 3.38. The van der Waals surface area contributed by atoms with E-state index in [0.717, 1.165) is 23.2 Å². The van der Waals surface area contributed by atoms with E-state index in [2.05, 4.69) is 31.1 Å². The first-order valence-corrected chi connectivity index (χ1v) is 9.47. The Hall–Kier alpha value is -2.64. The number of aromatic nitrogens is 1. The van der Waals surface area contributed by atoms with Crippen molar-refractivity contribution in [3.05, 3.63) is 68.9 Å². The van der Waals surface area contributed by atoms with Crippen molar-refractivity contribution in [3.8, 4) is 0 Å². The number of nitrogens with zero attached hydrogens (tertiary/aromatic N) is 1. The fourth-order valence-electron chi connectivity index (χ4n) is 3.27. The maximum Gasteiger partial charge on any atom is 0.256 e. The van der Waals surface area contributed by atoms with Crippen molar-refractivity contribution in [2.45, 2.75) is 0 Å². The summed E-state index contributed by atoms with van der Waals surface area (Å²) in [7, 11) is 0. The lowest BCUT2D eigenvalue weighted by Gasteiger charge is -2.30. The third-order valence-corrected chi connectivity index (χ3v) is 5.05. The van der Waals surface area contributed by atoms with Crippen LogP contribution in [0.2, 0.25) is 0 Å². The number of carbonyl (C=O) groups excluding carboxylic acids is 1. The van der Waals surface area contributed by atoms with Gasteiger partial charge in [-0.15, -0.1) is 0 Å². The van der Waals surface area contributed by atoms with Gasteiger partial charge in [0, 0.05) is 34.5 Å². The van der Waals surface area contributed by atoms with Gasteiger partial charge in [0.25, 0.3) is 5.91 Å². The molecule has 0 aliphatic carbocycles. The van der Waals surface area contributed by atoms with Crippen molar-refractivity contribution in [1.82, 2.24) is 4.98 Å². The molecule has 1 aliphatic rings. The van der Waals surface area contributed by atoms with E-state index in [4.69, 9.17) is 4.74 Å². The van der Waals surface area contributed by atoms with E-state index >= 15 is 0 Å².